The van der Waals surface area contributed by atoms with E-state index >= 15 is 0 Å². The molecule has 128 valence electrons. The summed E-state index contributed by atoms with van der Waals surface area (Å²) in [4.78, 5) is 2.33. The van der Waals surface area contributed by atoms with Crippen molar-refractivity contribution in [1.29, 1.82) is 0 Å². The maximum atomic E-state index is 9.80. The number of aromatic hydroxyl groups is 1. The molecule has 0 aliphatic carbocycles. The van der Waals surface area contributed by atoms with E-state index in [1.807, 2.05) is 30.0 Å². The fourth-order valence-electron chi connectivity index (χ4n) is 2.36. The molecule has 2 N–H and O–H groups in total. The van der Waals surface area contributed by atoms with Gasteiger partial charge in [-0.2, -0.15) is 0 Å². The Morgan fingerprint density at radius 3 is 2.96 bits per heavy atom. The summed E-state index contributed by atoms with van der Waals surface area (Å²) < 4.78 is 5.85. The van der Waals surface area contributed by atoms with Gasteiger partial charge < -0.3 is 15.2 Å². The molecule has 5 heteroatoms. The number of benzene rings is 1. The molecule has 0 amide bonds. The Hall–Kier alpha value is -0.780. The summed E-state index contributed by atoms with van der Waals surface area (Å²) in [5.74, 6) is 4.06. The minimum Gasteiger partial charge on any atom is -0.507 e. The zero-order valence-corrected chi connectivity index (χ0v) is 15.8. The maximum Gasteiger partial charge on any atom is 0.129 e. The van der Waals surface area contributed by atoms with Crippen molar-refractivity contribution in [3.05, 3.63) is 34.9 Å². The van der Waals surface area contributed by atoms with Crippen LogP contribution in [0.25, 0.3) is 0 Å². The molecular weight excluding hydrogens is 326 g/mol. The first-order chi connectivity index (χ1) is 11.1. The van der Waals surface area contributed by atoms with Gasteiger partial charge >= 0.3 is 0 Å². The second kappa shape index (κ2) is 9.50. The van der Waals surface area contributed by atoms with Crippen LogP contribution in [0.5, 0.6) is 5.75 Å². The molecule has 0 saturated carbocycles. The molecule has 0 spiro atoms. The van der Waals surface area contributed by atoms with Crippen LogP contribution in [0.15, 0.2) is 39.8 Å². The number of allylic oxidation sites excluding steroid dienone is 2. The minimum absolute atomic E-state index is 0.375. The fourth-order valence-corrected chi connectivity index (χ4v) is 4.42. The number of para-hydroxylation sites is 1. The van der Waals surface area contributed by atoms with Crippen LogP contribution in [-0.2, 0) is 4.74 Å². The molecule has 0 aromatic heterocycles. The number of nitrogens with one attached hydrogen (secondary N) is 1. The van der Waals surface area contributed by atoms with E-state index in [0.717, 1.165) is 41.7 Å². The Morgan fingerprint density at radius 1 is 1.43 bits per heavy atom. The zero-order valence-electron chi connectivity index (χ0n) is 14.2. The van der Waals surface area contributed by atoms with Crippen molar-refractivity contribution in [3.8, 4) is 5.75 Å². The standard InChI is InChI=1S/C18H27NO2S2/c1-4-17-14(3)21-10-15(12-23-17)19-9-13(2)11-22-18-8-6-5-7-16(18)20/h5-8,13,15,19-20H,4,9-12H2,1-3H3/t13-,15?/m0/s1. The molecule has 0 radical (unpaired) electrons. The molecule has 2 atom stereocenters. The average molecular weight is 354 g/mol. The van der Waals surface area contributed by atoms with E-state index < -0.39 is 0 Å². The number of phenolic OH excluding ortho intramolecular Hbond substituents is 1. The largest absolute Gasteiger partial charge is 0.507 e. The first-order valence-corrected chi connectivity index (χ1v) is 10.2. The first-order valence-electron chi connectivity index (χ1n) is 8.19. The van der Waals surface area contributed by atoms with Gasteiger partial charge in [-0.3, -0.25) is 0 Å². The van der Waals surface area contributed by atoms with Crippen LogP contribution in [-0.4, -0.2) is 35.8 Å². The summed E-state index contributed by atoms with van der Waals surface area (Å²) in [6.45, 7) is 8.21. The second-order valence-corrected chi connectivity index (χ2v) is 8.12. The lowest BCUT2D eigenvalue weighted by atomic mass is 10.2. The zero-order chi connectivity index (χ0) is 16.7. The van der Waals surface area contributed by atoms with E-state index in [1.165, 1.54) is 4.91 Å². The highest BCUT2D eigenvalue weighted by atomic mass is 32.2. The molecule has 1 aliphatic rings. The Bertz CT molecular complexity index is 534. The van der Waals surface area contributed by atoms with Crippen LogP contribution in [0.4, 0.5) is 0 Å². The molecule has 0 fully saturated rings. The Balaban J connectivity index is 1.71. The van der Waals surface area contributed by atoms with Gasteiger partial charge in [0, 0.05) is 21.3 Å². The number of phenols is 1. The van der Waals surface area contributed by atoms with E-state index in [2.05, 4.69) is 26.1 Å². The second-order valence-electron chi connectivity index (χ2n) is 5.94. The van der Waals surface area contributed by atoms with Crippen LogP contribution in [0.2, 0.25) is 0 Å². The van der Waals surface area contributed by atoms with Gasteiger partial charge in [0.25, 0.3) is 0 Å². The lowest BCUT2D eigenvalue weighted by molar-refractivity contribution is 0.187. The van der Waals surface area contributed by atoms with Gasteiger partial charge in [-0.15, -0.1) is 23.5 Å². The number of thioether (sulfide) groups is 2. The van der Waals surface area contributed by atoms with Crippen LogP contribution in [0, 0.1) is 5.92 Å². The molecule has 1 aromatic carbocycles. The molecule has 1 unspecified atom stereocenters. The third kappa shape index (κ3) is 5.98. The predicted molar refractivity (Wildman–Crippen MR) is 101 cm³/mol. The summed E-state index contributed by atoms with van der Waals surface area (Å²) in [6, 6.07) is 7.93. The van der Waals surface area contributed by atoms with Crippen molar-refractivity contribution < 1.29 is 9.84 Å². The molecule has 1 aliphatic heterocycles. The third-order valence-electron chi connectivity index (χ3n) is 3.82. The van der Waals surface area contributed by atoms with Gasteiger partial charge in [0.2, 0.25) is 0 Å². The average Bonchev–Trinajstić information content (AvgIpc) is 2.73. The van der Waals surface area contributed by atoms with Gasteiger partial charge in [-0.05, 0) is 37.9 Å². The molecule has 0 saturated heterocycles. The highest BCUT2D eigenvalue weighted by Crippen LogP contribution is 2.29. The van der Waals surface area contributed by atoms with Crippen LogP contribution < -0.4 is 5.32 Å². The molecule has 1 aromatic rings. The highest BCUT2D eigenvalue weighted by Gasteiger charge is 2.17. The Kier molecular flexibility index (Phi) is 7.66. The van der Waals surface area contributed by atoms with E-state index in [0.29, 0.717) is 17.7 Å². The summed E-state index contributed by atoms with van der Waals surface area (Å²) in [5, 5.41) is 13.4. The SMILES string of the molecule is CCC1=C(C)OCC(NC[C@H](C)CSc2ccccc2O)CS1. The molecule has 1 heterocycles. The van der Waals surface area contributed by atoms with E-state index in [4.69, 9.17) is 4.74 Å². The monoisotopic (exact) mass is 353 g/mol. The van der Waals surface area contributed by atoms with Gasteiger partial charge in [0.05, 0.1) is 6.04 Å². The van der Waals surface area contributed by atoms with Gasteiger partial charge in [-0.25, -0.2) is 0 Å². The number of rotatable bonds is 7. The van der Waals surface area contributed by atoms with E-state index in [-0.39, 0.29) is 0 Å². The highest BCUT2D eigenvalue weighted by molar-refractivity contribution is 8.03. The quantitative estimate of drug-likeness (QED) is 0.707. The van der Waals surface area contributed by atoms with Crippen molar-refractivity contribution >= 4 is 23.5 Å². The van der Waals surface area contributed by atoms with Crippen LogP contribution in [0.3, 0.4) is 0 Å². The summed E-state index contributed by atoms with van der Waals surface area (Å²) >= 11 is 3.63. The summed E-state index contributed by atoms with van der Waals surface area (Å²) in [5.41, 5.74) is 0. The number of ether oxygens (including phenoxy) is 1. The van der Waals surface area contributed by atoms with Gasteiger partial charge in [0.1, 0.15) is 18.1 Å². The molecular formula is C18H27NO2S2. The lowest BCUT2D eigenvalue weighted by Gasteiger charge is -2.19. The number of hydrogen-bond acceptors (Lipinski definition) is 5. The van der Waals surface area contributed by atoms with E-state index in [1.54, 1.807) is 17.8 Å². The smallest absolute Gasteiger partial charge is 0.129 e. The molecule has 3 nitrogen and oxygen atoms in total. The lowest BCUT2D eigenvalue weighted by Crippen LogP contribution is -2.38. The summed E-state index contributed by atoms with van der Waals surface area (Å²) in [6.07, 6.45) is 1.05. The minimum atomic E-state index is 0.375. The Morgan fingerprint density at radius 2 is 2.22 bits per heavy atom. The van der Waals surface area contributed by atoms with Gasteiger partial charge in [-0.1, -0.05) is 26.0 Å². The van der Waals surface area contributed by atoms with Gasteiger partial charge in [0.15, 0.2) is 0 Å². The molecule has 2 rings (SSSR count). The van der Waals surface area contributed by atoms with Crippen molar-refractivity contribution in [2.45, 2.75) is 38.1 Å². The summed E-state index contributed by atoms with van der Waals surface area (Å²) in [7, 11) is 0. The van der Waals surface area contributed by atoms with Crippen molar-refractivity contribution in [2.75, 3.05) is 24.7 Å². The van der Waals surface area contributed by atoms with Crippen LogP contribution in [0.1, 0.15) is 27.2 Å². The van der Waals surface area contributed by atoms with Crippen molar-refractivity contribution in [3.63, 3.8) is 0 Å². The normalized spacial score (nSPS) is 20.0. The van der Waals surface area contributed by atoms with Crippen molar-refractivity contribution in [2.24, 2.45) is 5.92 Å². The number of hydrogen-bond donors (Lipinski definition) is 2. The Labute approximate surface area is 148 Å². The van der Waals surface area contributed by atoms with E-state index in [9.17, 15) is 5.11 Å². The predicted octanol–water partition coefficient (Wildman–Crippen LogP) is 4.48. The topological polar surface area (TPSA) is 41.5 Å². The molecule has 0 bridgehead atoms. The maximum absolute atomic E-state index is 9.80. The molecule has 23 heavy (non-hydrogen) atoms. The fraction of sp³-hybridized carbons (Fsp3) is 0.556. The third-order valence-corrected chi connectivity index (χ3v) is 6.70. The van der Waals surface area contributed by atoms with Crippen molar-refractivity contribution in [1.82, 2.24) is 5.32 Å². The van der Waals surface area contributed by atoms with Crippen LogP contribution >= 0.6 is 23.5 Å². The first kappa shape index (κ1) is 18.6.